The number of rotatable bonds is 12. The average molecular weight is 265 g/mol. The summed E-state index contributed by atoms with van der Waals surface area (Å²) in [4.78, 5) is 5.03. The number of nitrogens with zero attached hydrogens (tertiary/aromatic N) is 1. The van der Waals surface area contributed by atoms with E-state index in [2.05, 4.69) is 41.6 Å². The van der Waals surface area contributed by atoms with Gasteiger partial charge in [-0.05, 0) is 0 Å². The van der Waals surface area contributed by atoms with Crippen LogP contribution in [0.4, 0.5) is 0 Å². The Hall–Kier alpha value is -0.135. The topological polar surface area (TPSA) is 12.4 Å². The zero-order valence-electron chi connectivity index (χ0n) is 14.2. The molecule has 19 heavy (non-hydrogen) atoms. The SMILES string of the molecule is CB=NC(CCC)(CCCC)C(CCC)CCCC. The summed E-state index contributed by atoms with van der Waals surface area (Å²) in [6.45, 7) is 11.3. The Morgan fingerprint density at radius 2 is 1.53 bits per heavy atom. The van der Waals surface area contributed by atoms with E-state index in [1.54, 1.807) is 0 Å². The van der Waals surface area contributed by atoms with Crippen LogP contribution in [0.1, 0.15) is 91.9 Å². The third kappa shape index (κ3) is 6.72. The van der Waals surface area contributed by atoms with Gasteiger partial charge in [0.05, 0.1) is 0 Å². The molecule has 0 bridgehead atoms. The second-order valence-corrected chi connectivity index (χ2v) is 5.97. The maximum absolute atomic E-state index is 5.03. The van der Waals surface area contributed by atoms with E-state index < -0.39 is 0 Å². The van der Waals surface area contributed by atoms with E-state index in [1.807, 2.05) is 0 Å². The molecular formula is C17H36BN. The van der Waals surface area contributed by atoms with E-state index in [9.17, 15) is 0 Å². The van der Waals surface area contributed by atoms with Crippen LogP contribution >= 0.6 is 0 Å². The second-order valence-electron chi connectivity index (χ2n) is 5.97. The Labute approximate surface area is 122 Å². The summed E-state index contributed by atoms with van der Waals surface area (Å²) < 4.78 is 0. The molecule has 0 aromatic rings. The van der Waals surface area contributed by atoms with Crippen molar-refractivity contribution in [3.8, 4) is 0 Å². The first-order valence-electron chi connectivity index (χ1n) is 8.70. The van der Waals surface area contributed by atoms with Crippen LogP contribution in [-0.4, -0.2) is 12.6 Å². The Kier molecular flexibility index (Phi) is 11.6. The third-order valence-corrected chi connectivity index (χ3v) is 4.34. The van der Waals surface area contributed by atoms with E-state index >= 15 is 0 Å². The summed E-state index contributed by atoms with van der Waals surface area (Å²) in [5, 5.41) is 0. The zero-order chi connectivity index (χ0) is 14.6. The predicted octanol–water partition coefficient (Wildman–Crippen LogP) is 6.26. The van der Waals surface area contributed by atoms with Gasteiger partial charge in [0.25, 0.3) is 0 Å². The first kappa shape index (κ1) is 18.9. The molecule has 0 saturated heterocycles. The van der Waals surface area contributed by atoms with Gasteiger partial charge in [-0.15, -0.1) is 0 Å². The fourth-order valence-electron chi connectivity index (χ4n) is 3.42. The fourth-order valence-corrected chi connectivity index (χ4v) is 3.42. The van der Waals surface area contributed by atoms with Crippen molar-refractivity contribution < 1.29 is 0 Å². The van der Waals surface area contributed by atoms with Crippen LogP contribution in [-0.2, 0) is 0 Å². The standard InChI is InChI=1S/C17H36BN/c1-6-10-13-16(12-8-3)17(14-9-4,19-18-5)15-11-7-2/h16H,6-15H2,1-5H3. The minimum absolute atomic E-state index is 0.241. The maximum atomic E-state index is 5.03. The van der Waals surface area contributed by atoms with Crippen molar-refractivity contribution in [1.82, 2.24) is 0 Å². The molecule has 0 amide bonds. The molecule has 0 aliphatic rings. The summed E-state index contributed by atoms with van der Waals surface area (Å²) in [5.74, 6) is 0.792. The van der Waals surface area contributed by atoms with Crippen molar-refractivity contribution in [1.29, 1.82) is 0 Å². The molecule has 2 unspecified atom stereocenters. The Balaban J connectivity index is 5.05. The molecular weight excluding hydrogens is 229 g/mol. The Bertz CT molecular complexity index is 227. The first-order chi connectivity index (χ1) is 9.20. The summed E-state index contributed by atoms with van der Waals surface area (Å²) >= 11 is 0. The predicted molar refractivity (Wildman–Crippen MR) is 89.1 cm³/mol. The van der Waals surface area contributed by atoms with E-state index in [4.69, 9.17) is 4.90 Å². The van der Waals surface area contributed by atoms with Crippen molar-refractivity contribution in [3.63, 3.8) is 0 Å². The average Bonchev–Trinajstić information content (AvgIpc) is 2.41. The molecule has 2 heteroatoms. The zero-order valence-corrected chi connectivity index (χ0v) is 14.2. The van der Waals surface area contributed by atoms with Crippen molar-refractivity contribution in [2.75, 3.05) is 0 Å². The van der Waals surface area contributed by atoms with Gasteiger partial charge in [-0.2, -0.15) is 0 Å². The van der Waals surface area contributed by atoms with Crippen LogP contribution < -0.4 is 0 Å². The van der Waals surface area contributed by atoms with Crippen molar-refractivity contribution in [2.45, 2.75) is 104 Å². The molecule has 0 aliphatic carbocycles. The van der Waals surface area contributed by atoms with Gasteiger partial charge in [0.15, 0.2) is 0 Å². The molecule has 0 rings (SSSR count). The number of hydrogen-bond acceptors (Lipinski definition) is 1. The quantitative estimate of drug-likeness (QED) is 0.369. The molecule has 0 fully saturated rings. The van der Waals surface area contributed by atoms with Gasteiger partial charge in [0.1, 0.15) is 0 Å². The van der Waals surface area contributed by atoms with E-state index in [1.165, 1.54) is 64.2 Å². The van der Waals surface area contributed by atoms with Gasteiger partial charge >= 0.3 is 122 Å². The van der Waals surface area contributed by atoms with Gasteiger partial charge in [-0.3, -0.25) is 0 Å². The number of unbranched alkanes of at least 4 members (excludes halogenated alkanes) is 2. The van der Waals surface area contributed by atoms with Crippen LogP contribution in [0.15, 0.2) is 4.90 Å². The van der Waals surface area contributed by atoms with Crippen molar-refractivity contribution >= 4 is 7.07 Å². The normalized spacial score (nSPS) is 16.3. The second kappa shape index (κ2) is 11.7. The van der Waals surface area contributed by atoms with E-state index in [0.717, 1.165) is 5.92 Å². The van der Waals surface area contributed by atoms with Crippen LogP contribution in [0.25, 0.3) is 0 Å². The Morgan fingerprint density at radius 3 is 2.00 bits per heavy atom. The molecule has 0 spiro atoms. The first-order valence-corrected chi connectivity index (χ1v) is 8.70. The van der Waals surface area contributed by atoms with Crippen LogP contribution in [0, 0.1) is 5.92 Å². The summed E-state index contributed by atoms with van der Waals surface area (Å²) in [5.41, 5.74) is 0.241. The van der Waals surface area contributed by atoms with Crippen LogP contribution in [0.5, 0.6) is 0 Å². The van der Waals surface area contributed by atoms with Crippen molar-refractivity contribution in [3.05, 3.63) is 0 Å². The molecule has 0 saturated carbocycles. The summed E-state index contributed by atoms with van der Waals surface area (Å²) in [6, 6.07) is 0. The molecule has 1 nitrogen and oxygen atoms in total. The van der Waals surface area contributed by atoms with Crippen molar-refractivity contribution in [2.24, 2.45) is 10.8 Å². The van der Waals surface area contributed by atoms with Gasteiger partial charge in [0, 0.05) is 0 Å². The molecule has 0 heterocycles. The Morgan fingerprint density at radius 1 is 0.842 bits per heavy atom. The molecule has 0 aliphatic heterocycles. The van der Waals surface area contributed by atoms with Crippen LogP contribution in [0.3, 0.4) is 0 Å². The summed E-state index contributed by atoms with van der Waals surface area (Å²) in [6.07, 6.45) is 13.1. The molecule has 0 aromatic heterocycles. The summed E-state index contributed by atoms with van der Waals surface area (Å²) in [7, 11) is 2.07. The van der Waals surface area contributed by atoms with Gasteiger partial charge < -0.3 is 0 Å². The molecule has 0 aromatic carbocycles. The minimum atomic E-state index is 0.241. The van der Waals surface area contributed by atoms with Crippen LogP contribution in [0.2, 0.25) is 6.82 Å². The molecule has 0 N–H and O–H groups in total. The monoisotopic (exact) mass is 265 g/mol. The molecule has 0 radical (unpaired) electrons. The van der Waals surface area contributed by atoms with Gasteiger partial charge in [-0.1, -0.05) is 0 Å². The molecule has 112 valence electrons. The van der Waals surface area contributed by atoms with E-state index in [0.29, 0.717) is 0 Å². The van der Waals surface area contributed by atoms with Gasteiger partial charge in [0.2, 0.25) is 0 Å². The van der Waals surface area contributed by atoms with E-state index in [-0.39, 0.29) is 5.54 Å². The number of hydrogen-bond donors (Lipinski definition) is 0. The third-order valence-electron chi connectivity index (χ3n) is 4.34. The molecule has 2 atom stereocenters. The fraction of sp³-hybridized carbons (Fsp3) is 1.00. The van der Waals surface area contributed by atoms with Gasteiger partial charge in [-0.25, -0.2) is 0 Å².